The number of hydrogen-bond acceptors (Lipinski definition) is 2. The molecule has 0 bridgehead atoms. The molecule has 2 rings (SSSR count). The van der Waals surface area contributed by atoms with Crippen molar-refractivity contribution in [2.45, 2.75) is 38.8 Å². The normalized spacial score (nSPS) is 19.3. The highest BCUT2D eigenvalue weighted by Crippen LogP contribution is 2.36. The van der Waals surface area contributed by atoms with Crippen molar-refractivity contribution in [2.75, 3.05) is 7.05 Å². The highest BCUT2D eigenvalue weighted by atomic mass is 15.1. The molecule has 1 heterocycles. The summed E-state index contributed by atoms with van der Waals surface area (Å²) in [6.07, 6.45) is 8.06. The summed E-state index contributed by atoms with van der Waals surface area (Å²) in [5.74, 6) is 2.01. The molecule has 1 fully saturated rings. The predicted molar refractivity (Wildman–Crippen MR) is 57.0 cm³/mol. The van der Waals surface area contributed by atoms with Crippen LogP contribution in [0.15, 0.2) is 12.4 Å². The monoisotopic (exact) mass is 193 g/mol. The molecule has 0 spiro atoms. The van der Waals surface area contributed by atoms with E-state index in [1.807, 2.05) is 13.2 Å². The van der Waals surface area contributed by atoms with Gasteiger partial charge in [-0.2, -0.15) is 0 Å². The minimum Gasteiger partial charge on any atom is -0.334 e. The maximum atomic E-state index is 4.46. The Hall–Kier alpha value is -0.830. The molecule has 0 aromatic carbocycles. The van der Waals surface area contributed by atoms with Crippen molar-refractivity contribution in [3.8, 4) is 0 Å². The highest BCUT2D eigenvalue weighted by molar-refractivity contribution is 5.03. The van der Waals surface area contributed by atoms with Crippen molar-refractivity contribution in [3.63, 3.8) is 0 Å². The third kappa shape index (κ3) is 1.57. The molecular weight excluding hydrogens is 174 g/mol. The van der Waals surface area contributed by atoms with Crippen molar-refractivity contribution in [3.05, 3.63) is 18.2 Å². The number of nitrogens with one attached hydrogen (secondary N) is 1. The first-order chi connectivity index (χ1) is 6.86. The fourth-order valence-electron chi connectivity index (χ4n) is 2.22. The summed E-state index contributed by atoms with van der Waals surface area (Å²) >= 11 is 0. The van der Waals surface area contributed by atoms with Crippen LogP contribution >= 0.6 is 0 Å². The molecular formula is C11H19N3. The Bertz CT molecular complexity index is 288. The van der Waals surface area contributed by atoms with E-state index in [4.69, 9.17) is 0 Å². The molecule has 1 aliphatic carbocycles. The third-order valence-corrected chi connectivity index (χ3v) is 3.30. The maximum absolute atomic E-state index is 4.46. The van der Waals surface area contributed by atoms with E-state index in [9.17, 15) is 0 Å². The second kappa shape index (κ2) is 4.13. The molecule has 14 heavy (non-hydrogen) atoms. The molecule has 0 radical (unpaired) electrons. The van der Waals surface area contributed by atoms with Gasteiger partial charge in [0.15, 0.2) is 0 Å². The molecule has 1 aliphatic rings. The zero-order chi connectivity index (χ0) is 9.97. The number of rotatable bonds is 4. The number of hydrogen-bond donors (Lipinski definition) is 1. The van der Waals surface area contributed by atoms with Crippen LogP contribution in [0.4, 0.5) is 0 Å². The minimum absolute atomic E-state index is 0.457. The topological polar surface area (TPSA) is 29.9 Å². The quantitative estimate of drug-likeness (QED) is 0.792. The zero-order valence-electron chi connectivity index (χ0n) is 9.03. The van der Waals surface area contributed by atoms with E-state index in [-0.39, 0.29) is 0 Å². The van der Waals surface area contributed by atoms with E-state index in [0.29, 0.717) is 6.04 Å². The Labute approximate surface area is 85.5 Å². The van der Waals surface area contributed by atoms with Crippen LogP contribution in [0.3, 0.4) is 0 Å². The summed E-state index contributed by atoms with van der Waals surface area (Å²) in [7, 11) is 2.04. The number of nitrogens with zero attached hydrogens (tertiary/aromatic N) is 2. The van der Waals surface area contributed by atoms with E-state index in [0.717, 1.165) is 12.5 Å². The van der Waals surface area contributed by atoms with E-state index < -0.39 is 0 Å². The van der Waals surface area contributed by atoms with Gasteiger partial charge < -0.3 is 9.88 Å². The van der Waals surface area contributed by atoms with Crippen LogP contribution in [-0.4, -0.2) is 16.6 Å². The molecule has 0 saturated heterocycles. The maximum Gasteiger partial charge on any atom is 0.126 e. The summed E-state index contributed by atoms with van der Waals surface area (Å²) in [5, 5.41) is 3.40. The van der Waals surface area contributed by atoms with Gasteiger partial charge in [-0.05, 0) is 32.7 Å². The fourth-order valence-corrected chi connectivity index (χ4v) is 2.22. The van der Waals surface area contributed by atoms with E-state index in [1.165, 1.54) is 25.1 Å². The van der Waals surface area contributed by atoms with Crippen LogP contribution in [0.5, 0.6) is 0 Å². The van der Waals surface area contributed by atoms with Gasteiger partial charge in [-0.3, -0.25) is 0 Å². The lowest BCUT2D eigenvalue weighted by molar-refractivity contribution is 0.228. The van der Waals surface area contributed by atoms with Crippen LogP contribution in [0.2, 0.25) is 0 Å². The van der Waals surface area contributed by atoms with Gasteiger partial charge in [0.05, 0.1) is 6.04 Å². The highest BCUT2D eigenvalue weighted by Gasteiger charge is 2.29. The lowest BCUT2D eigenvalue weighted by atomic mass is 9.79. The third-order valence-electron chi connectivity index (χ3n) is 3.30. The van der Waals surface area contributed by atoms with Crippen LogP contribution < -0.4 is 5.32 Å². The smallest absolute Gasteiger partial charge is 0.126 e. The average molecular weight is 193 g/mol. The first-order valence-electron chi connectivity index (χ1n) is 5.55. The number of aryl methyl sites for hydroxylation is 1. The van der Waals surface area contributed by atoms with Gasteiger partial charge in [0, 0.05) is 18.9 Å². The summed E-state index contributed by atoms with van der Waals surface area (Å²) in [6, 6.07) is 0.457. The van der Waals surface area contributed by atoms with Gasteiger partial charge in [-0.25, -0.2) is 4.98 Å². The van der Waals surface area contributed by atoms with Gasteiger partial charge in [0.1, 0.15) is 5.82 Å². The van der Waals surface area contributed by atoms with E-state index in [1.54, 1.807) is 0 Å². The molecule has 0 aliphatic heterocycles. The number of imidazole rings is 1. The molecule has 1 N–H and O–H groups in total. The summed E-state index contributed by atoms with van der Waals surface area (Å²) in [6.45, 7) is 3.18. The number of aromatic nitrogens is 2. The lowest BCUT2D eigenvalue weighted by Crippen LogP contribution is -2.32. The molecule has 1 aromatic rings. The SMILES string of the molecule is CCn1ccnc1C(NC)C1CCC1. The molecule has 3 nitrogen and oxygen atoms in total. The van der Waals surface area contributed by atoms with Gasteiger partial charge in [-0.15, -0.1) is 0 Å². The fraction of sp³-hybridized carbons (Fsp3) is 0.727. The first kappa shape index (κ1) is 9.71. The van der Waals surface area contributed by atoms with Crippen LogP contribution in [0, 0.1) is 5.92 Å². The largest absolute Gasteiger partial charge is 0.334 e. The summed E-state index contributed by atoms with van der Waals surface area (Å²) in [4.78, 5) is 4.46. The van der Waals surface area contributed by atoms with Crippen molar-refractivity contribution in [1.82, 2.24) is 14.9 Å². The van der Waals surface area contributed by atoms with E-state index >= 15 is 0 Å². The van der Waals surface area contributed by atoms with Gasteiger partial charge >= 0.3 is 0 Å². The summed E-state index contributed by atoms with van der Waals surface area (Å²) < 4.78 is 2.24. The zero-order valence-corrected chi connectivity index (χ0v) is 9.03. The Morgan fingerprint density at radius 2 is 2.43 bits per heavy atom. The minimum atomic E-state index is 0.457. The standard InChI is InChI=1S/C11H19N3/c1-3-14-8-7-13-11(14)10(12-2)9-5-4-6-9/h7-10,12H,3-6H2,1-2H3. The second-order valence-corrected chi connectivity index (χ2v) is 4.03. The van der Waals surface area contributed by atoms with Gasteiger partial charge in [0.25, 0.3) is 0 Å². The van der Waals surface area contributed by atoms with Crippen LogP contribution in [-0.2, 0) is 6.54 Å². The Morgan fingerprint density at radius 1 is 1.64 bits per heavy atom. The van der Waals surface area contributed by atoms with Crippen LogP contribution in [0.25, 0.3) is 0 Å². The Balaban J connectivity index is 2.17. The summed E-state index contributed by atoms with van der Waals surface area (Å²) in [5.41, 5.74) is 0. The first-order valence-corrected chi connectivity index (χ1v) is 5.55. The van der Waals surface area contributed by atoms with Crippen molar-refractivity contribution >= 4 is 0 Å². The molecule has 0 amide bonds. The van der Waals surface area contributed by atoms with Crippen molar-refractivity contribution in [2.24, 2.45) is 5.92 Å². The molecule has 1 unspecified atom stereocenters. The molecule has 1 aromatic heterocycles. The second-order valence-electron chi connectivity index (χ2n) is 4.03. The van der Waals surface area contributed by atoms with Gasteiger partial charge in [-0.1, -0.05) is 6.42 Å². The van der Waals surface area contributed by atoms with Crippen molar-refractivity contribution < 1.29 is 0 Å². The Morgan fingerprint density at radius 3 is 2.93 bits per heavy atom. The van der Waals surface area contributed by atoms with Gasteiger partial charge in [0.2, 0.25) is 0 Å². The van der Waals surface area contributed by atoms with Crippen LogP contribution in [0.1, 0.15) is 38.1 Å². The predicted octanol–water partition coefficient (Wildman–Crippen LogP) is 1.96. The molecule has 3 heteroatoms. The lowest BCUT2D eigenvalue weighted by Gasteiger charge is -2.33. The molecule has 1 saturated carbocycles. The Kier molecular flexibility index (Phi) is 2.87. The molecule has 1 atom stereocenters. The van der Waals surface area contributed by atoms with E-state index in [2.05, 4.69) is 28.0 Å². The average Bonchev–Trinajstić information content (AvgIpc) is 2.58. The van der Waals surface area contributed by atoms with Crippen molar-refractivity contribution in [1.29, 1.82) is 0 Å². The molecule has 78 valence electrons.